The summed E-state index contributed by atoms with van der Waals surface area (Å²) < 4.78 is 25.7. The number of hydrogen-bond acceptors (Lipinski definition) is 3. The first-order valence-corrected chi connectivity index (χ1v) is 11.2. The summed E-state index contributed by atoms with van der Waals surface area (Å²) in [6, 6.07) is 17.8. The number of halogens is 2. The normalized spacial score (nSPS) is 15.5. The number of anilines is 1. The number of nitrogens with one attached hydrogen (secondary N) is 1. The third kappa shape index (κ3) is 4.84. The Morgan fingerprint density at radius 3 is 2.42 bits per heavy atom. The van der Waals surface area contributed by atoms with Gasteiger partial charge in [0.25, 0.3) is 5.91 Å². The van der Waals surface area contributed by atoms with Crippen LogP contribution in [0.1, 0.15) is 21.5 Å². The van der Waals surface area contributed by atoms with E-state index in [1.165, 1.54) is 17.0 Å². The van der Waals surface area contributed by atoms with Gasteiger partial charge in [-0.2, -0.15) is 0 Å². The monoisotopic (exact) mass is 456 g/mol. The quantitative estimate of drug-likeness (QED) is 0.629. The van der Waals surface area contributed by atoms with Crippen molar-refractivity contribution in [3.8, 4) is 0 Å². The molecule has 0 radical (unpaired) electrons. The molecule has 0 aromatic heterocycles. The molecule has 1 aliphatic rings. The Balaban J connectivity index is 1.57. The van der Waals surface area contributed by atoms with Crippen LogP contribution in [-0.4, -0.2) is 21.8 Å². The second kappa shape index (κ2) is 8.99. The van der Waals surface area contributed by atoms with Gasteiger partial charge in [-0.05, 0) is 53.6 Å². The molecule has 0 fully saturated rings. The number of nitrogens with zero attached hydrogens (tertiary/aromatic N) is 1. The van der Waals surface area contributed by atoms with Crippen LogP contribution < -0.4 is 10.2 Å². The van der Waals surface area contributed by atoms with Crippen molar-refractivity contribution < 1.29 is 18.2 Å². The predicted molar refractivity (Wildman–Crippen MR) is 118 cm³/mol. The predicted octanol–water partition coefficient (Wildman–Crippen LogP) is 4.06. The Morgan fingerprint density at radius 2 is 1.71 bits per heavy atom. The van der Waals surface area contributed by atoms with Gasteiger partial charge in [0.05, 0.1) is 27.9 Å². The molecular weight excluding hydrogens is 439 g/mol. The molecule has 158 valence electrons. The molecule has 1 N–H and O–H groups in total. The zero-order chi connectivity index (χ0) is 22.0. The maximum Gasteiger partial charge on any atom is 0.251 e. The maximum absolute atomic E-state index is 13.2. The third-order valence-electron chi connectivity index (χ3n) is 4.93. The number of amides is 2. The summed E-state index contributed by atoms with van der Waals surface area (Å²) in [6.45, 7) is 0.510. The van der Waals surface area contributed by atoms with E-state index in [9.17, 15) is 18.2 Å². The van der Waals surface area contributed by atoms with Crippen molar-refractivity contribution in [1.29, 1.82) is 0 Å². The summed E-state index contributed by atoms with van der Waals surface area (Å²) in [7, 11) is -1.48. The van der Waals surface area contributed by atoms with Gasteiger partial charge in [0.1, 0.15) is 11.6 Å². The second-order valence-electron chi connectivity index (χ2n) is 7.09. The lowest BCUT2D eigenvalue weighted by atomic mass is 10.1. The van der Waals surface area contributed by atoms with E-state index in [0.29, 0.717) is 27.7 Å². The molecule has 1 aliphatic heterocycles. The third-order valence-corrected chi connectivity index (χ3v) is 6.53. The number of hydrogen-bond donors (Lipinski definition) is 1. The lowest BCUT2D eigenvalue weighted by molar-refractivity contribution is -0.116. The van der Waals surface area contributed by atoms with E-state index in [-0.39, 0.29) is 29.9 Å². The van der Waals surface area contributed by atoms with Gasteiger partial charge in [0.15, 0.2) is 0 Å². The second-order valence-corrected chi connectivity index (χ2v) is 8.94. The lowest BCUT2D eigenvalue weighted by Crippen LogP contribution is -2.38. The molecule has 0 saturated carbocycles. The van der Waals surface area contributed by atoms with Gasteiger partial charge < -0.3 is 10.2 Å². The van der Waals surface area contributed by atoms with Crippen LogP contribution in [0.4, 0.5) is 10.1 Å². The fourth-order valence-corrected chi connectivity index (χ4v) is 4.58. The Bertz CT molecular complexity index is 1170. The van der Waals surface area contributed by atoms with E-state index in [4.69, 9.17) is 11.6 Å². The van der Waals surface area contributed by atoms with E-state index < -0.39 is 10.8 Å². The van der Waals surface area contributed by atoms with E-state index >= 15 is 0 Å². The zero-order valence-corrected chi connectivity index (χ0v) is 17.9. The van der Waals surface area contributed by atoms with Crippen LogP contribution in [0.2, 0.25) is 5.02 Å². The first-order chi connectivity index (χ1) is 14.9. The standard InChI is InChI=1S/C23H18ClFN2O3S/c24-18-6-1-15(2-7-18)12-26-23(29)17-5-10-21-20(11-17)27(22(28)14-31(21)30)13-16-3-8-19(25)9-4-16/h1-11H,12-14H2,(H,26,29)/t31-/m1/s1. The minimum Gasteiger partial charge on any atom is -0.348 e. The molecule has 0 bridgehead atoms. The van der Waals surface area contributed by atoms with E-state index in [1.54, 1.807) is 42.5 Å². The molecule has 1 heterocycles. The Labute approximate surface area is 186 Å². The highest BCUT2D eigenvalue weighted by Gasteiger charge is 2.30. The van der Waals surface area contributed by atoms with Crippen LogP contribution in [0.3, 0.4) is 0 Å². The van der Waals surface area contributed by atoms with Gasteiger partial charge in [-0.15, -0.1) is 0 Å². The maximum atomic E-state index is 13.2. The van der Waals surface area contributed by atoms with Crippen molar-refractivity contribution in [2.24, 2.45) is 0 Å². The molecular formula is C23H18ClFN2O3S. The summed E-state index contributed by atoms with van der Waals surface area (Å²) in [6.07, 6.45) is 0. The van der Waals surface area contributed by atoms with Crippen molar-refractivity contribution in [3.05, 3.63) is 94.3 Å². The van der Waals surface area contributed by atoms with Crippen LogP contribution in [0.5, 0.6) is 0 Å². The molecule has 31 heavy (non-hydrogen) atoms. The van der Waals surface area contributed by atoms with Gasteiger partial charge in [-0.1, -0.05) is 35.9 Å². The lowest BCUT2D eigenvalue weighted by Gasteiger charge is -2.29. The van der Waals surface area contributed by atoms with Gasteiger partial charge in [0.2, 0.25) is 5.91 Å². The molecule has 8 heteroatoms. The van der Waals surface area contributed by atoms with E-state index in [0.717, 1.165) is 11.1 Å². The molecule has 2 amide bonds. The number of fused-ring (bicyclic) bond motifs is 1. The summed E-state index contributed by atoms with van der Waals surface area (Å²) in [5.74, 6) is -1.12. The van der Waals surface area contributed by atoms with E-state index in [2.05, 4.69) is 5.32 Å². The molecule has 4 rings (SSSR count). The van der Waals surface area contributed by atoms with Crippen LogP contribution in [0.15, 0.2) is 71.6 Å². The fourth-order valence-electron chi connectivity index (χ4n) is 3.30. The Hall–Kier alpha value is -3.03. The van der Waals surface area contributed by atoms with Gasteiger partial charge >= 0.3 is 0 Å². The highest BCUT2D eigenvalue weighted by molar-refractivity contribution is 7.86. The molecule has 0 spiro atoms. The highest BCUT2D eigenvalue weighted by atomic mass is 35.5. The average molecular weight is 457 g/mol. The van der Waals surface area contributed by atoms with Crippen LogP contribution in [-0.2, 0) is 28.7 Å². The number of carbonyl (C=O) groups excluding carboxylic acids is 2. The summed E-state index contributed by atoms with van der Waals surface area (Å²) >= 11 is 5.88. The summed E-state index contributed by atoms with van der Waals surface area (Å²) in [5, 5.41) is 3.45. The molecule has 0 aliphatic carbocycles. The van der Waals surface area contributed by atoms with Crippen molar-refractivity contribution >= 4 is 39.9 Å². The SMILES string of the molecule is O=C(NCc1ccc(Cl)cc1)c1ccc2c(c1)N(Cc1ccc(F)cc1)C(=O)C[S@]2=O. The summed E-state index contributed by atoms with van der Waals surface area (Å²) in [5.41, 5.74) is 2.40. The molecule has 0 unspecified atom stereocenters. The topological polar surface area (TPSA) is 66.5 Å². The minimum atomic E-state index is -1.48. The molecule has 5 nitrogen and oxygen atoms in total. The van der Waals surface area contributed by atoms with Crippen LogP contribution in [0.25, 0.3) is 0 Å². The Morgan fingerprint density at radius 1 is 1.03 bits per heavy atom. The summed E-state index contributed by atoms with van der Waals surface area (Å²) in [4.78, 5) is 27.3. The number of carbonyl (C=O) groups is 2. The number of rotatable bonds is 5. The largest absolute Gasteiger partial charge is 0.348 e. The average Bonchev–Trinajstić information content (AvgIpc) is 2.77. The molecule has 3 aromatic rings. The van der Waals surface area contributed by atoms with Crippen LogP contribution >= 0.6 is 11.6 Å². The highest BCUT2D eigenvalue weighted by Crippen LogP contribution is 2.31. The smallest absolute Gasteiger partial charge is 0.251 e. The molecule has 3 aromatic carbocycles. The number of benzene rings is 3. The van der Waals surface area contributed by atoms with Crippen molar-refractivity contribution in [2.75, 3.05) is 10.7 Å². The zero-order valence-electron chi connectivity index (χ0n) is 16.3. The first-order valence-electron chi connectivity index (χ1n) is 9.50. The van der Waals surface area contributed by atoms with Crippen LogP contribution in [0, 0.1) is 5.82 Å². The van der Waals surface area contributed by atoms with Gasteiger partial charge in [-0.25, -0.2) is 4.39 Å². The minimum absolute atomic E-state index is 0.129. The van der Waals surface area contributed by atoms with Crippen molar-refractivity contribution in [2.45, 2.75) is 18.0 Å². The van der Waals surface area contributed by atoms with E-state index in [1.807, 2.05) is 12.1 Å². The fraction of sp³-hybridized carbons (Fsp3) is 0.130. The van der Waals surface area contributed by atoms with Gasteiger partial charge in [-0.3, -0.25) is 13.8 Å². The van der Waals surface area contributed by atoms with Gasteiger partial charge in [0, 0.05) is 17.1 Å². The van der Waals surface area contributed by atoms with Crippen molar-refractivity contribution in [1.82, 2.24) is 5.32 Å². The Kier molecular flexibility index (Phi) is 6.15. The molecule has 1 atom stereocenters. The molecule has 0 saturated heterocycles. The van der Waals surface area contributed by atoms with Crippen molar-refractivity contribution in [3.63, 3.8) is 0 Å². The first kappa shape index (κ1) is 21.2.